The van der Waals surface area contributed by atoms with E-state index in [0.29, 0.717) is 12.1 Å². The van der Waals surface area contributed by atoms with Crippen molar-refractivity contribution in [3.8, 4) is 0 Å². The second-order valence-corrected chi connectivity index (χ2v) is 6.29. The first-order chi connectivity index (χ1) is 9.54. The Morgan fingerprint density at radius 3 is 2.55 bits per heavy atom. The summed E-state index contributed by atoms with van der Waals surface area (Å²) in [7, 11) is 2.15. The van der Waals surface area contributed by atoms with Crippen molar-refractivity contribution in [1.82, 2.24) is 4.90 Å². The topological polar surface area (TPSA) is 23.5 Å². The third-order valence-corrected chi connectivity index (χ3v) is 5.12. The van der Waals surface area contributed by atoms with Crippen LogP contribution in [0, 0.1) is 17.6 Å². The van der Waals surface area contributed by atoms with Gasteiger partial charge in [-0.15, -0.1) is 0 Å². The van der Waals surface area contributed by atoms with Gasteiger partial charge in [-0.05, 0) is 62.4 Å². The molecule has 1 N–H and O–H groups in total. The molecule has 2 bridgehead atoms. The van der Waals surface area contributed by atoms with Crippen molar-refractivity contribution < 1.29 is 13.9 Å². The van der Waals surface area contributed by atoms with Crippen molar-refractivity contribution in [3.05, 3.63) is 35.4 Å². The summed E-state index contributed by atoms with van der Waals surface area (Å²) in [4.78, 5) is 2.41. The van der Waals surface area contributed by atoms with Crippen molar-refractivity contribution in [3.63, 3.8) is 0 Å². The first kappa shape index (κ1) is 14.0. The smallest absolute Gasteiger partial charge is 0.126 e. The summed E-state index contributed by atoms with van der Waals surface area (Å²) < 4.78 is 26.8. The first-order valence-corrected chi connectivity index (χ1v) is 7.38. The fourth-order valence-electron chi connectivity index (χ4n) is 3.86. The Balaban J connectivity index is 1.68. The van der Waals surface area contributed by atoms with Gasteiger partial charge in [0.2, 0.25) is 0 Å². The molecule has 3 unspecified atom stereocenters. The number of benzene rings is 1. The molecule has 2 heterocycles. The van der Waals surface area contributed by atoms with E-state index in [-0.39, 0.29) is 17.9 Å². The standard InChI is InChI=1S/C16H21F2NO/c1-19-13-3-4-14(19)8-11(7-13)16(20)9-10-6-12(17)2-5-15(10)18/h2,5-6,11,13-14,16,20H,3-4,7-9H2,1H3. The van der Waals surface area contributed by atoms with E-state index in [1.165, 1.54) is 18.9 Å². The van der Waals surface area contributed by atoms with Gasteiger partial charge in [-0.3, -0.25) is 0 Å². The summed E-state index contributed by atoms with van der Waals surface area (Å²) in [6.07, 6.45) is 3.94. The summed E-state index contributed by atoms with van der Waals surface area (Å²) in [5, 5.41) is 10.4. The molecule has 2 aliphatic rings. The van der Waals surface area contributed by atoms with Crippen LogP contribution in [0.4, 0.5) is 8.78 Å². The molecular formula is C16H21F2NO. The molecule has 0 amide bonds. The third kappa shape index (κ3) is 2.59. The number of halogens is 2. The zero-order chi connectivity index (χ0) is 14.3. The minimum absolute atomic E-state index is 0.200. The van der Waals surface area contributed by atoms with E-state index in [1.807, 2.05) is 0 Å². The molecule has 2 saturated heterocycles. The van der Waals surface area contributed by atoms with E-state index in [1.54, 1.807) is 0 Å². The van der Waals surface area contributed by atoms with Crippen LogP contribution in [0.2, 0.25) is 0 Å². The SMILES string of the molecule is CN1C2CCC1CC(C(O)Cc1cc(F)ccc1F)C2. The number of aliphatic hydroxyl groups excluding tert-OH is 1. The maximum Gasteiger partial charge on any atom is 0.126 e. The quantitative estimate of drug-likeness (QED) is 0.921. The van der Waals surface area contributed by atoms with Crippen molar-refractivity contribution in [2.24, 2.45) is 5.92 Å². The summed E-state index contributed by atoms with van der Waals surface area (Å²) in [6.45, 7) is 0. The monoisotopic (exact) mass is 281 g/mol. The lowest BCUT2D eigenvalue weighted by molar-refractivity contribution is 0.0363. The molecule has 0 aliphatic carbocycles. The van der Waals surface area contributed by atoms with Gasteiger partial charge >= 0.3 is 0 Å². The van der Waals surface area contributed by atoms with Crippen molar-refractivity contribution in [1.29, 1.82) is 0 Å². The van der Waals surface area contributed by atoms with Gasteiger partial charge in [-0.25, -0.2) is 8.78 Å². The minimum atomic E-state index is -0.580. The highest BCUT2D eigenvalue weighted by atomic mass is 19.1. The van der Waals surface area contributed by atoms with Crippen LogP contribution in [0.25, 0.3) is 0 Å². The molecule has 3 rings (SSSR count). The number of hydrogen-bond donors (Lipinski definition) is 1. The van der Waals surface area contributed by atoms with Crippen molar-refractivity contribution >= 4 is 0 Å². The predicted molar refractivity (Wildman–Crippen MR) is 73.4 cm³/mol. The van der Waals surface area contributed by atoms with Gasteiger partial charge in [0.05, 0.1) is 6.10 Å². The fourth-order valence-corrected chi connectivity index (χ4v) is 3.86. The molecule has 0 radical (unpaired) electrons. The predicted octanol–water partition coefficient (Wildman–Crippen LogP) is 2.74. The van der Waals surface area contributed by atoms with Gasteiger partial charge in [-0.1, -0.05) is 0 Å². The van der Waals surface area contributed by atoms with E-state index < -0.39 is 17.7 Å². The highest BCUT2D eigenvalue weighted by Crippen LogP contribution is 2.39. The summed E-state index contributed by atoms with van der Waals surface area (Å²) in [6, 6.07) is 4.54. The van der Waals surface area contributed by atoms with Gasteiger partial charge in [0, 0.05) is 18.5 Å². The molecule has 4 heteroatoms. The maximum absolute atomic E-state index is 13.6. The molecule has 2 fully saturated rings. The molecule has 0 saturated carbocycles. The molecule has 3 atom stereocenters. The van der Waals surface area contributed by atoms with Crippen molar-refractivity contribution in [2.75, 3.05) is 7.05 Å². The normalized spacial score (nSPS) is 31.5. The Bertz CT molecular complexity index is 479. The van der Waals surface area contributed by atoms with Crippen LogP contribution in [-0.2, 0) is 6.42 Å². The van der Waals surface area contributed by atoms with Gasteiger partial charge < -0.3 is 10.0 Å². The van der Waals surface area contributed by atoms with Crippen LogP contribution in [0.5, 0.6) is 0 Å². The number of nitrogens with zero attached hydrogens (tertiary/aromatic N) is 1. The number of fused-ring (bicyclic) bond motifs is 2. The van der Waals surface area contributed by atoms with Gasteiger partial charge in [0.15, 0.2) is 0 Å². The van der Waals surface area contributed by atoms with Crippen LogP contribution < -0.4 is 0 Å². The lowest BCUT2D eigenvalue weighted by atomic mass is 9.84. The molecule has 0 aromatic heterocycles. The van der Waals surface area contributed by atoms with E-state index >= 15 is 0 Å². The molecule has 2 nitrogen and oxygen atoms in total. The van der Waals surface area contributed by atoms with Gasteiger partial charge in [0.25, 0.3) is 0 Å². The lowest BCUT2D eigenvalue weighted by Gasteiger charge is -2.38. The molecule has 110 valence electrons. The zero-order valence-corrected chi connectivity index (χ0v) is 11.7. The van der Waals surface area contributed by atoms with Gasteiger partial charge in [0.1, 0.15) is 11.6 Å². The van der Waals surface area contributed by atoms with E-state index in [9.17, 15) is 13.9 Å². The summed E-state index contributed by atoms with van der Waals surface area (Å²) >= 11 is 0. The highest BCUT2D eigenvalue weighted by Gasteiger charge is 2.40. The largest absolute Gasteiger partial charge is 0.392 e. The minimum Gasteiger partial charge on any atom is -0.392 e. The summed E-state index contributed by atoms with van der Waals surface area (Å²) in [5.74, 6) is -0.676. The zero-order valence-electron chi connectivity index (χ0n) is 11.7. The highest BCUT2D eigenvalue weighted by molar-refractivity contribution is 5.19. The molecule has 1 aromatic rings. The summed E-state index contributed by atoms with van der Waals surface area (Å²) in [5.41, 5.74) is 0.281. The van der Waals surface area contributed by atoms with Crippen LogP contribution >= 0.6 is 0 Å². The maximum atomic E-state index is 13.6. The Labute approximate surface area is 118 Å². The molecular weight excluding hydrogens is 260 g/mol. The third-order valence-electron chi connectivity index (χ3n) is 5.12. The second-order valence-electron chi connectivity index (χ2n) is 6.29. The average Bonchev–Trinajstić information content (AvgIpc) is 2.65. The lowest BCUT2D eigenvalue weighted by Crippen LogP contribution is -2.43. The number of rotatable bonds is 3. The van der Waals surface area contributed by atoms with E-state index in [0.717, 1.165) is 25.0 Å². The first-order valence-electron chi connectivity index (χ1n) is 7.38. The number of aliphatic hydroxyl groups is 1. The average molecular weight is 281 g/mol. The number of piperidine rings is 1. The van der Waals surface area contributed by atoms with E-state index in [2.05, 4.69) is 11.9 Å². The Kier molecular flexibility index (Phi) is 3.78. The molecule has 2 aliphatic heterocycles. The van der Waals surface area contributed by atoms with Gasteiger partial charge in [-0.2, -0.15) is 0 Å². The van der Waals surface area contributed by atoms with Crippen LogP contribution in [0.1, 0.15) is 31.2 Å². The Hall–Kier alpha value is -1.00. The molecule has 0 spiro atoms. The van der Waals surface area contributed by atoms with Crippen molar-refractivity contribution in [2.45, 2.75) is 50.3 Å². The Morgan fingerprint density at radius 2 is 1.90 bits per heavy atom. The van der Waals surface area contributed by atoms with Crippen LogP contribution in [0.3, 0.4) is 0 Å². The Morgan fingerprint density at radius 1 is 1.25 bits per heavy atom. The number of hydrogen-bond acceptors (Lipinski definition) is 2. The molecule has 1 aromatic carbocycles. The van der Waals surface area contributed by atoms with E-state index in [4.69, 9.17) is 0 Å². The fraction of sp³-hybridized carbons (Fsp3) is 0.625. The second kappa shape index (κ2) is 5.41. The van der Waals surface area contributed by atoms with Crippen LogP contribution in [-0.4, -0.2) is 35.2 Å². The molecule has 20 heavy (non-hydrogen) atoms. The van der Waals surface area contributed by atoms with Crippen LogP contribution in [0.15, 0.2) is 18.2 Å².